The van der Waals surface area contributed by atoms with Crippen molar-refractivity contribution in [1.82, 2.24) is 4.90 Å². The van der Waals surface area contributed by atoms with Gasteiger partial charge in [0.1, 0.15) is 0 Å². The first kappa shape index (κ1) is 16.8. The van der Waals surface area contributed by atoms with Gasteiger partial charge in [0, 0.05) is 23.2 Å². The first-order valence-corrected chi connectivity index (χ1v) is 8.05. The van der Waals surface area contributed by atoms with Gasteiger partial charge in [0.15, 0.2) is 0 Å². The van der Waals surface area contributed by atoms with Crippen LogP contribution in [0.3, 0.4) is 0 Å². The number of rotatable bonds is 5. The number of halogens is 1. The molecule has 0 spiro atoms. The summed E-state index contributed by atoms with van der Waals surface area (Å²) in [5.41, 5.74) is 0.605. The standard InChI is InChI=1S/C17H22ClNO3/c1-12(17(21)22-2)11-19(15-5-3-4-6-15)16(20)13-7-9-14(18)10-8-13/h7-10,12,15H,3-6,11H2,1-2H3. The lowest BCUT2D eigenvalue weighted by Crippen LogP contribution is -2.43. The minimum absolute atomic E-state index is 0.0423. The molecule has 4 nitrogen and oxygen atoms in total. The molecule has 1 fully saturated rings. The molecule has 1 aromatic rings. The molecule has 0 saturated heterocycles. The van der Waals surface area contributed by atoms with E-state index in [1.807, 2.05) is 4.90 Å². The Hall–Kier alpha value is -1.55. The number of nitrogens with zero attached hydrogens (tertiary/aromatic N) is 1. The molecular weight excluding hydrogens is 302 g/mol. The number of amides is 1. The molecule has 0 heterocycles. The zero-order chi connectivity index (χ0) is 16.1. The van der Waals surface area contributed by atoms with Crippen LogP contribution in [0, 0.1) is 5.92 Å². The minimum Gasteiger partial charge on any atom is -0.469 e. The van der Waals surface area contributed by atoms with Crippen molar-refractivity contribution < 1.29 is 14.3 Å². The zero-order valence-electron chi connectivity index (χ0n) is 13.0. The SMILES string of the molecule is COC(=O)C(C)CN(C(=O)c1ccc(Cl)cc1)C1CCCC1. The normalized spacial score (nSPS) is 16.3. The van der Waals surface area contributed by atoms with E-state index in [1.54, 1.807) is 31.2 Å². The molecule has 1 aliphatic carbocycles. The van der Waals surface area contributed by atoms with Gasteiger partial charge in [-0.3, -0.25) is 9.59 Å². The molecule has 1 atom stereocenters. The second-order valence-electron chi connectivity index (χ2n) is 5.83. The number of carbonyl (C=O) groups is 2. The Labute approximate surface area is 136 Å². The van der Waals surface area contributed by atoms with Crippen LogP contribution in [0.4, 0.5) is 0 Å². The van der Waals surface area contributed by atoms with Gasteiger partial charge in [-0.1, -0.05) is 31.4 Å². The van der Waals surface area contributed by atoms with Gasteiger partial charge in [0.2, 0.25) is 0 Å². The largest absolute Gasteiger partial charge is 0.469 e. The van der Waals surface area contributed by atoms with E-state index in [2.05, 4.69) is 0 Å². The van der Waals surface area contributed by atoms with Gasteiger partial charge in [-0.15, -0.1) is 0 Å². The van der Waals surface area contributed by atoms with E-state index in [4.69, 9.17) is 16.3 Å². The summed E-state index contributed by atoms with van der Waals surface area (Å²) in [5.74, 6) is -0.659. The second kappa shape index (κ2) is 7.63. The summed E-state index contributed by atoms with van der Waals surface area (Å²) in [4.78, 5) is 26.3. The molecule has 1 unspecified atom stereocenters. The van der Waals surface area contributed by atoms with E-state index in [0.29, 0.717) is 17.1 Å². The molecule has 0 radical (unpaired) electrons. The molecular formula is C17H22ClNO3. The molecule has 1 saturated carbocycles. The van der Waals surface area contributed by atoms with Crippen molar-refractivity contribution in [3.8, 4) is 0 Å². The number of hydrogen-bond donors (Lipinski definition) is 0. The summed E-state index contributed by atoms with van der Waals surface area (Å²) in [6.07, 6.45) is 4.24. The van der Waals surface area contributed by atoms with Crippen LogP contribution in [-0.2, 0) is 9.53 Å². The molecule has 0 aromatic heterocycles. The number of benzene rings is 1. The summed E-state index contributed by atoms with van der Waals surface area (Å²) in [5, 5.41) is 0.604. The third-order valence-corrected chi connectivity index (χ3v) is 4.44. The minimum atomic E-state index is -0.332. The van der Waals surface area contributed by atoms with Crippen molar-refractivity contribution >= 4 is 23.5 Å². The second-order valence-corrected chi connectivity index (χ2v) is 6.26. The average Bonchev–Trinajstić information content (AvgIpc) is 3.05. The van der Waals surface area contributed by atoms with Crippen molar-refractivity contribution in [3.05, 3.63) is 34.9 Å². The molecule has 1 aliphatic rings. The van der Waals surface area contributed by atoms with Crippen LogP contribution >= 0.6 is 11.6 Å². The first-order valence-electron chi connectivity index (χ1n) is 7.67. The smallest absolute Gasteiger partial charge is 0.310 e. The molecule has 5 heteroatoms. The molecule has 0 aliphatic heterocycles. The van der Waals surface area contributed by atoms with Crippen molar-refractivity contribution in [2.75, 3.05) is 13.7 Å². The van der Waals surface area contributed by atoms with Gasteiger partial charge in [0.05, 0.1) is 13.0 Å². The molecule has 0 bridgehead atoms. The van der Waals surface area contributed by atoms with Gasteiger partial charge in [0.25, 0.3) is 5.91 Å². The Morgan fingerprint density at radius 2 is 1.86 bits per heavy atom. The van der Waals surface area contributed by atoms with Crippen molar-refractivity contribution in [2.45, 2.75) is 38.6 Å². The average molecular weight is 324 g/mol. The molecule has 1 aromatic carbocycles. The topological polar surface area (TPSA) is 46.6 Å². The fraction of sp³-hybridized carbons (Fsp3) is 0.529. The monoisotopic (exact) mass is 323 g/mol. The van der Waals surface area contributed by atoms with Crippen LogP contribution in [0.15, 0.2) is 24.3 Å². The molecule has 2 rings (SSSR count). The number of ether oxygens (including phenoxy) is 1. The van der Waals surface area contributed by atoms with E-state index in [0.717, 1.165) is 25.7 Å². The Bertz CT molecular complexity index is 523. The fourth-order valence-corrected chi connectivity index (χ4v) is 3.07. The predicted octanol–water partition coefficient (Wildman–Crippen LogP) is 3.53. The third-order valence-electron chi connectivity index (χ3n) is 4.19. The first-order chi connectivity index (χ1) is 10.5. The van der Waals surface area contributed by atoms with Crippen molar-refractivity contribution in [1.29, 1.82) is 0 Å². The molecule has 1 amide bonds. The van der Waals surface area contributed by atoms with Crippen LogP contribution in [-0.4, -0.2) is 36.5 Å². The van der Waals surface area contributed by atoms with Crippen molar-refractivity contribution in [2.24, 2.45) is 5.92 Å². The maximum Gasteiger partial charge on any atom is 0.310 e. The highest BCUT2D eigenvalue weighted by Gasteiger charge is 2.30. The van der Waals surface area contributed by atoms with E-state index < -0.39 is 0 Å². The van der Waals surface area contributed by atoms with Gasteiger partial charge in [-0.25, -0.2) is 0 Å². The predicted molar refractivity (Wildman–Crippen MR) is 85.9 cm³/mol. The molecule has 22 heavy (non-hydrogen) atoms. The van der Waals surface area contributed by atoms with Crippen molar-refractivity contribution in [3.63, 3.8) is 0 Å². The number of carbonyl (C=O) groups excluding carboxylic acids is 2. The van der Waals surface area contributed by atoms with Gasteiger partial charge in [-0.05, 0) is 37.1 Å². The summed E-state index contributed by atoms with van der Waals surface area (Å²) in [7, 11) is 1.37. The quantitative estimate of drug-likeness (QED) is 0.779. The van der Waals surface area contributed by atoms with E-state index in [9.17, 15) is 9.59 Å². The number of esters is 1. The summed E-state index contributed by atoms with van der Waals surface area (Å²) in [6, 6.07) is 7.09. The lowest BCUT2D eigenvalue weighted by atomic mass is 10.1. The van der Waals surface area contributed by atoms with Gasteiger partial charge >= 0.3 is 5.97 Å². The highest BCUT2D eigenvalue weighted by atomic mass is 35.5. The Kier molecular flexibility index (Phi) is 5.83. The zero-order valence-corrected chi connectivity index (χ0v) is 13.8. The number of methoxy groups -OCH3 is 1. The summed E-state index contributed by atoms with van der Waals surface area (Å²) >= 11 is 5.88. The van der Waals surface area contributed by atoms with E-state index in [1.165, 1.54) is 7.11 Å². The van der Waals surface area contributed by atoms with Crippen LogP contribution in [0.25, 0.3) is 0 Å². The summed E-state index contributed by atoms with van der Waals surface area (Å²) < 4.78 is 4.78. The number of hydrogen-bond acceptors (Lipinski definition) is 3. The maximum atomic E-state index is 12.8. The highest BCUT2D eigenvalue weighted by Crippen LogP contribution is 2.26. The van der Waals surface area contributed by atoms with Gasteiger partial charge in [-0.2, -0.15) is 0 Å². The lowest BCUT2D eigenvalue weighted by molar-refractivity contribution is -0.145. The fourth-order valence-electron chi connectivity index (χ4n) is 2.94. The van der Waals surface area contributed by atoms with Crippen LogP contribution in [0.2, 0.25) is 5.02 Å². The lowest BCUT2D eigenvalue weighted by Gasteiger charge is -2.31. The maximum absolute atomic E-state index is 12.8. The highest BCUT2D eigenvalue weighted by molar-refractivity contribution is 6.30. The van der Waals surface area contributed by atoms with Crippen LogP contribution in [0.5, 0.6) is 0 Å². The van der Waals surface area contributed by atoms with Crippen LogP contribution < -0.4 is 0 Å². The van der Waals surface area contributed by atoms with E-state index in [-0.39, 0.29) is 23.8 Å². The Balaban J connectivity index is 2.17. The summed E-state index contributed by atoms with van der Waals surface area (Å²) in [6.45, 7) is 2.18. The van der Waals surface area contributed by atoms with Crippen LogP contribution in [0.1, 0.15) is 43.0 Å². The Morgan fingerprint density at radius 3 is 2.41 bits per heavy atom. The molecule has 120 valence electrons. The Morgan fingerprint density at radius 1 is 1.27 bits per heavy atom. The van der Waals surface area contributed by atoms with Gasteiger partial charge < -0.3 is 9.64 Å². The van der Waals surface area contributed by atoms with E-state index >= 15 is 0 Å². The molecule has 0 N–H and O–H groups in total. The third kappa shape index (κ3) is 4.01.